The van der Waals surface area contributed by atoms with E-state index in [0.717, 1.165) is 54.4 Å². The molecule has 4 rings (SSSR count). The SMILES string of the molecule is CC(OC(=O)OC1CCCCC1)OC(=O)C(C)CC(Cc1ccc(-c2ccccc2)cc1)NC(=O)CCC(=O)OC(C)c1ccccc1. The van der Waals surface area contributed by atoms with Gasteiger partial charge in [-0.25, -0.2) is 4.79 Å². The summed E-state index contributed by atoms with van der Waals surface area (Å²) in [6, 6.07) is 27.0. The zero-order valence-corrected chi connectivity index (χ0v) is 28.1. The molecule has 4 atom stereocenters. The summed E-state index contributed by atoms with van der Waals surface area (Å²) in [6.07, 6.45) is 2.74. The first-order valence-electron chi connectivity index (χ1n) is 16.9. The molecule has 4 unspecified atom stereocenters. The zero-order valence-electron chi connectivity index (χ0n) is 28.1. The van der Waals surface area contributed by atoms with Crippen molar-refractivity contribution in [2.24, 2.45) is 5.92 Å². The van der Waals surface area contributed by atoms with E-state index in [-0.39, 0.29) is 31.3 Å². The van der Waals surface area contributed by atoms with Crippen LogP contribution in [0.5, 0.6) is 0 Å². The molecule has 0 heterocycles. The Hall–Kier alpha value is -4.66. The van der Waals surface area contributed by atoms with Crippen LogP contribution < -0.4 is 5.32 Å². The van der Waals surface area contributed by atoms with Gasteiger partial charge in [-0.15, -0.1) is 0 Å². The molecule has 1 aliphatic rings. The normalized spacial score (nSPS) is 15.6. The molecule has 0 saturated heterocycles. The minimum absolute atomic E-state index is 0.0589. The van der Waals surface area contributed by atoms with Crippen LogP contribution in [0.3, 0.4) is 0 Å². The number of benzene rings is 3. The van der Waals surface area contributed by atoms with Gasteiger partial charge in [0.2, 0.25) is 12.2 Å². The Morgan fingerprint density at radius 1 is 0.729 bits per heavy atom. The highest BCUT2D eigenvalue weighted by atomic mass is 16.8. The number of carbonyl (C=O) groups excluding carboxylic acids is 4. The third kappa shape index (κ3) is 12.2. The average molecular weight is 658 g/mol. The largest absolute Gasteiger partial charge is 0.511 e. The van der Waals surface area contributed by atoms with E-state index in [9.17, 15) is 19.2 Å². The Morgan fingerprint density at radius 3 is 2.02 bits per heavy atom. The molecule has 1 amide bonds. The van der Waals surface area contributed by atoms with Crippen LogP contribution in [0, 0.1) is 5.92 Å². The van der Waals surface area contributed by atoms with Crippen molar-refractivity contribution in [2.45, 2.75) is 103 Å². The summed E-state index contributed by atoms with van der Waals surface area (Å²) in [7, 11) is 0. The minimum atomic E-state index is -1.13. The maximum absolute atomic E-state index is 13.1. The van der Waals surface area contributed by atoms with Gasteiger partial charge in [0.1, 0.15) is 12.2 Å². The van der Waals surface area contributed by atoms with Crippen molar-refractivity contribution in [3.63, 3.8) is 0 Å². The standard InChI is InChI=1S/C39H47NO8/c1-27(38(43)46-29(3)47-39(44)48-35-17-11-6-12-18-35)25-34(26-30-19-21-33(22-20-30)32-15-9-5-10-16-32)40-36(41)23-24-37(42)45-28(2)31-13-7-4-8-14-31/h4-5,7-10,13-16,19-22,27-29,34-35H,6,11-12,17-18,23-26H2,1-3H3,(H,40,41). The molecule has 256 valence electrons. The molecule has 3 aromatic rings. The van der Waals surface area contributed by atoms with Gasteiger partial charge in [-0.2, -0.15) is 0 Å². The second kappa shape index (κ2) is 18.6. The second-order valence-corrected chi connectivity index (χ2v) is 12.5. The molecular formula is C39H47NO8. The second-order valence-electron chi connectivity index (χ2n) is 12.5. The number of amides is 1. The summed E-state index contributed by atoms with van der Waals surface area (Å²) in [5.74, 6) is -1.99. The highest BCUT2D eigenvalue weighted by Gasteiger charge is 2.26. The van der Waals surface area contributed by atoms with Crippen LogP contribution in [0.15, 0.2) is 84.9 Å². The molecule has 0 aromatic heterocycles. The summed E-state index contributed by atoms with van der Waals surface area (Å²) in [6.45, 7) is 4.96. The maximum atomic E-state index is 13.1. The van der Waals surface area contributed by atoms with Gasteiger partial charge < -0.3 is 24.3 Å². The number of hydrogen-bond acceptors (Lipinski definition) is 8. The summed E-state index contributed by atoms with van der Waals surface area (Å²) >= 11 is 0. The molecule has 0 radical (unpaired) electrons. The molecule has 0 spiro atoms. The molecule has 1 N–H and O–H groups in total. The number of esters is 2. The van der Waals surface area contributed by atoms with E-state index in [2.05, 4.69) is 5.32 Å². The molecular weight excluding hydrogens is 610 g/mol. The number of nitrogens with one attached hydrogen (secondary N) is 1. The lowest BCUT2D eigenvalue weighted by Crippen LogP contribution is -2.39. The minimum Gasteiger partial charge on any atom is -0.458 e. The van der Waals surface area contributed by atoms with E-state index in [1.165, 1.54) is 6.92 Å². The number of hydrogen-bond donors (Lipinski definition) is 1. The molecule has 0 aliphatic heterocycles. The highest BCUT2D eigenvalue weighted by molar-refractivity contribution is 5.81. The van der Waals surface area contributed by atoms with E-state index in [1.54, 1.807) is 13.8 Å². The van der Waals surface area contributed by atoms with E-state index in [0.29, 0.717) is 6.42 Å². The van der Waals surface area contributed by atoms with Gasteiger partial charge >= 0.3 is 18.1 Å². The summed E-state index contributed by atoms with van der Waals surface area (Å²) in [4.78, 5) is 50.8. The zero-order chi connectivity index (χ0) is 34.3. The van der Waals surface area contributed by atoms with Gasteiger partial charge in [0, 0.05) is 19.4 Å². The van der Waals surface area contributed by atoms with Crippen LogP contribution in [-0.2, 0) is 39.8 Å². The quantitative estimate of drug-likeness (QED) is 0.0997. The average Bonchev–Trinajstić information content (AvgIpc) is 3.08. The summed E-state index contributed by atoms with van der Waals surface area (Å²) < 4.78 is 21.5. The van der Waals surface area contributed by atoms with Crippen LogP contribution in [0.1, 0.15) is 89.4 Å². The van der Waals surface area contributed by atoms with Crippen LogP contribution in [0.2, 0.25) is 0 Å². The first-order valence-corrected chi connectivity index (χ1v) is 16.9. The van der Waals surface area contributed by atoms with Gasteiger partial charge in [0.15, 0.2) is 0 Å². The van der Waals surface area contributed by atoms with Gasteiger partial charge in [-0.1, -0.05) is 98.3 Å². The molecule has 48 heavy (non-hydrogen) atoms. The lowest BCUT2D eigenvalue weighted by Gasteiger charge is -2.24. The van der Waals surface area contributed by atoms with E-state index in [1.807, 2.05) is 84.9 Å². The Bertz CT molecular complexity index is 1450. The Kier molecular flexibility index (Phi) is 14.0. The number of rotatable bonds is 15. The fourth-order valence-electron chi connectivity index (χ4n) is 5.81. The Balaban J connectivity index is 1.33. The lowest BCUT2D eigenvalue weighted by molar-refractivity contribution is -0.173. The molecule has 9 nitrogen and oxygen atoms in total. The van der Waals surface area contributed by atoms with Gasteiger partial charge in [0.05, 0.1) is 12.3 Å². The molecule has 1 aliphatic carbocycles. The van der Waals surface area contributed by atoms with Crippen molar-refractivity contribution in [3.05, 3.63) is 96.1 Å². The molecule has 1 saturated carbocycles. The predicted molar refractivity (Wildman–Crippen MR) is 181 cm³/mol. The van der Waals surface area contributed by atoms with Crippen LogP contribution in [-0.4, -0.2) is 42.4 Å². The van der Waals surface area contributed by atoms with Crippen LogP contribution in [0.4, 0.5) is 4.79 Å². The topological polar surface area (TPSA) is 117 Å². The van der Waals surface area contributed by atoms with Crippen molar-refractivity contribution in [3.8, 4) is 11.1 Å². The van der Waals surface area contributed by atoms with Crippen LogP contribution in [0.25, 0.3) is 11.1 Å². The fourth-order valence-corrected chi connectivity index (χ4v) is 5.81. The lowest BCUT2D eigenvalue weighted by atomic mass is 9.94. The first kappa shape index (κ1) is 36.2. The van der Waals surface area contributed by atoms with Crippen LogP contribution >= 0.6 is 0 Å². The number of ether oxygens (including phenoxy) is 4. The molecule has 0 bridgehead atoms. The fraction of sp³-hybridized carbons (Fsp3) is 0.436. The van der Waals surface area contributed by atoms with Gasteiger partial charge in [0.25, 0.3) is 0 Å². The first-order chi connectivity index (χ1) is 23.2. The smallest absolute Gasteiger partial charge is 0.458 e. The number of carbonyl (C=O) groups is 4. The van der Waals surface area contributed by atoms with Crippen molar-refractivity contribution in [1.82, 2.24) is 5.32 Å². The predicted octanol–water partition coefficient (Wildman–Crippen LogP) is 7.87. The van der Waals surface area contributed by atoms with Crippen molar-refractivity contribution < 1.29 is 38.1 Å². The molecule has 3 aromatic carbocycles. The van der Waals surface area contributed by atoms with E-state index < -0.39 is 42.4 Å². The molecule has 1 fully saturated rings. The van der Waals surface area contributed by atoms with E-state index in [4.69, 9.17) is 18.9 Å². The summed E-state index contributed by atoms with van der Waals surface area (Å²) in [5.41, 5.74) is 4.00. The summed E-state index contributed by atoms with van der Waals surface area (Å²) in [5, 5.41) is 3.01. The van der Waals surface area contributed by atoms with Gasteiger partial charge in [-0.3, -0.25) is 14.4 Å². The highest BCUT2D eigenvalue weighted by Crippen LogP contribution is 2.23. The Labute approximate surface area is 283 Å². The van der Waals surface area contributed by atoms with Crippen molar-refractivity contribution in [1.29, 1.82) is 0 Å². The third-order valence-corrected chi connectivity index (χ3v) is 8.44. The Morgan fingerprint density at radius 2 is 1.35 bits per heavy atom. The maximum Gasteiger partial charge on any atom is 0.511 e. The molecule has 9 heteroatoms. The third-order valence-electron chi connectivity index (χ3n) is 8.44. The van der Waals surface area contributed by atoms with Crippen molar-refractivity contribution in [2.75, 3.05) is 0 Å². The van der Waals surface area contributed by atoms with Crippen molar-refractivity contribution >= 4 is 24.0 Å². The monoisotopic (exact) mass is 657 g/mol. The van der Waals surface area contributed by atoms with E-state index >= 15 is 0 Å². The van der Waals surface area contributed by atoms with Gasteiger partial charge in [-0.05, 0) is 67.7 Å².